The minimum atomic E-state index is -0.683. The lowest BCUT2D eigenvalue weighted by atomic mass is 10.1. The highest BCUT2D eigenvalue weighted by molar-refractivity contribution is 5.14. The minimum absolute atomic E-state index is 0.311. The molecule has 0 unspecified atom stereocenters. The van der Waals surface area contributed by atoms with Crippen molar-refractivity contribution >= 4 is 0 Å². The predicted octanol–water partition coefficient (Wildman–Crippen LogP) is 3.06. The minimum Gasteiger partial charge on any atom is -0.386 e. The summed E-state index contributed by atoms with van der Waals surface area (Å²) >= 11 is 0. The molecule has 1 aliphatic heterocycles. The molecule has 0 aromatic heterocycles. The molecule has 1 heterocycles. The van der Waals surface area contributed by atoms with Crippen LogP contribution in [0.3, 0.4) is 0 Å². The molecule has 3 atom stereocenters. The number of aliphatic hydroxyl groups is 1. The highest BCUT2D eigenvalue weighted by Crippen LogP contribution is 2.16. The molecule has 1 N–H and O–H groups in total. The molecule has 0 amide bonds. The fourth-order valence-electron chi connectivity index (χ4n) is 2.48. The van der Waals surface area contributed by atoms with Crippen LogP contribution in [0.4, 0.5) is 0 Å². The van der Waals surface area contributed by atoms with Crippen molar-refractivity contribution in [3.05, 3.63) is 83.9 Å². The van der Waals surface area contributed by atoms with E-state index in [1.807, 2.05) is 60.7 Å². The molecule has 0 spiro atoms. The van der Waals surface area contributed by atoms with E-state index in [0.29, 0.717) is 19.8 Å². The van der Waals surface area contributed by atoms with E-state index < -0.39 is 18.5 Å². The van der Waals surface area contributed by atoms with Gasteiger partial charge in [-0.2, -0.15) is 0 Å². The maximum atomic E-state index is 10.0. The Kier molecular flexibility index (Phi) is 6.15. The first-order valence-corrected chi connectivity index (χ1v) is 8.10. The molecule has 0 bridgehead atoms. The largest absolute Gasteiger partial charge is 0.386 e. The molecule has 0 fully saturated rings. The number of hydrogen-bond acceptors (Lipinski definition) is 4. The average molecular weight is 326 g/mol. The summed E-state index contributed by atoms with van der Waals surface area (Å²) in [7, 11) is 0. The second-order valence-electron chi connectivity index (χ2n) is 5.72. The van der Waals surface area contributed by atoms with Crippen molar-refractivity contribution < 1.29 is 19.3 Å². The van der Waals surface area contributed by atoms with Gasteiger partial charge in [-0.25, -0.2) is 0 Å². The lowest BCUT2D eigenvalue weighted by Gasteiger charge is -2.29. The molecular weight excluding hydrogens is 304 g/mol. The maximum absolute atomic E-state index is 10.0. The van der Waals surface area contributed by atoms with Crippen LogP contribution in [-0.2, 0) is 27.4 Å². The van der Waals surface area contributed by atoms with Gasteiger partial charge in [0.25, 0.3) is 0 Å². The Labute approximate surface area is 142 Å². The molecule has 3 rings (SSSR count). The van der Waals surface area contributed by atoms with Crippen molar-refractivity contribution in [2.45, 2.75) is 31.7 Å². The Hall–Kier alpha value is -1.98. The van der Waals surface area contributed by atoms with E-state index in [0.717, 1.165) is 11.1 Å². The molecule has 0 saturated carbocycles. The van der Waals surface area contributed by atoms with Crippen LogP contribution in [0.5, 0.6) is 0 Å². The van der Waals surface area contributed by atoms with Gasteiger partial charge in [0.05, 0.1) is 19.8 Å². The Morgan fingerprint density at radius 2 is 1.46 bits per heavy atom. The molecule has 126 valence electrons. The summed E-state index contributed by atoms with van der Waals surface area (Å²) in [5.41, 5.74) is 2.17. The van der Waals surface area contributed by atoms with Gasteiger partial charge in [0.2, 0.25) is 0 Å². The van der Waals surface area contributed by atoms with Crippen LogP contribution in [-0.4, -0.2) is 30.2 Å². The molecule has 1 aliphatic rings. The molecule has 4 nitrogen and oxygen atoms in total. The van der Waals surface area contributed by atoms with Crippen LogP contribution in [0.2, 0.25) is 0 Å². The zero-order chi connectivity index (χ0) is 16.6. The van der Waals surface area contributed by atoms with Gasteiger partial charge in [0.15, 0.2) is 6.29 Å². The Balaban J connectivity index is 1.45. The van der Waals surface area contributed by atoms with Crippen molar-refractivity contribution in [2.75, 3.05) is 6.61 Å². The van der Waals surface area contributed by atoms with Crippen LogP contribution < -0.4 is 0 Å². The SMILES string of the molecule is O[C@@H]1C=C[C@H](OCc2ccccc2)O[C@@H]1COCc1ccccc1. The van der Waals surface area contributed by atoms with E-state index in [2.05, 4.69) is 0 Å². The number of benzene rings is 2. The van der Waals surface area contributed by atoms with Crippen LogP contribution >= 0.6 is 0 Å². The quantitative estimate of drug-likeness (QED) is 0.795. The number of aliphatic hydroxyl groups excluding tert-OH is 1. The van der Waals surface area contributed by atoms with Crippen molar-refractivity contribution in [2.24, 2.45) is 0 Å². The van der Waals surface area contributed by atoms with E-state index >= 15 is 0 Å². The number of ether oxygens (including phenoxy) is 3. The van der Waals surface area contributed by atoms with Crippen molar-refractivity contribution in [1.82, 2.24) is 0 Å². The zero-order valence-electron chi connectivity index (χ0n) is 13.5. The fraction of sp³-hybridized carbons (Fsp3) is 0.300. The normalized spacial score (nSPS) is 23.3. The van der Waals surface area contributed by atoms with Gasteiger partial charge in [-0.05, 0) is 17.2 Å². The van der Waals surface area contributed by atoms with Gasteiger partial charge in [-0.1, -0.05) is 66.7 Å². The highest BCUT2D eigenvalue weighted by atomic mass is 16.7. The summed E-state index contributed by atoms with van der Waals surface area (Å²) in [6.07, 6.45) is 1.85. The molecule has 4 heteroatoms. The zero-order valence-corrected chi connectivity index (χ0v) is 13.5. The van der Waals surface area contributed by atoms with E-state index in [9.17, 15) is 5.11 Å². The van der Waals surface area contributed by atoms with Gasteiger partial charge < -0.3 is 19.3 Å². The summed E-state index contributed by atoms with van der Waals surface area (Å²) < 4.78 is 17.2. The van der Waals surface area contributed by atoms with E-state index in [4.69, 9.17) is 14.2 Å². The van der Waals surface area contributed by atoms with E-state index in [1.165, 1.54) is 0 Å². The van der Waals surface area contributed by atoms with Crippen LogP contribution in [0.25, 0.3) is 0 Å². The fourth-order valence-corrected chi connectivity index (χ4v) is 2.48. The van der Waals surface area contributed by atoms with Crippen LogP contribution in [0, 0.1) is 0 Å². The molecule has 0 saturated heterocycles. The Morgan fingerprint density at radius 1 is 0.833 bits per heavy atom. The smallest absolute Gasteiger partial charge is 0.177 e. The molecular formula is C20H22O4. The standard InChI is InChI=1S/C20H22O4/c21-18-11-12-20(23-14-17-9-5-2-6-10-17)24-19(18)15-22-13-16-7-3-1-4-8-16/h1-12,18-21H,13-15H2/t18-,19-,20-/m1/s1. The average Bonchev–Trinajstić information content (AvgIpc) is 2.64. The third-order valence-corrected chi connectivity index (χ3v) is 3.81. The second kappa shape index (κ2) is 8.76. The maximum Gasteiger partial charge on any atom is 0.177 e. The summed E-state index contributed by atoms with van der Waals surface area (Å²) in [5, 5.41) is 10.0. The monoisotopic (exact) mass is 326 g/mol. The Morgan fingerprint density at radius 3 is 2.12 bits per heavy atom. The number of rotatable bonds is 7. The lowest BCUT2D eigenvalue weighted by Crippen LogP contribution is -2.39. The summed E-state index contributed by atoms with van der Waals surface area (Å²) in [5.74, 6) is 0. The second-order valence-corrected chi connectivity index (χ2v) is 5.72. The summed E-state index contributed by atoms with van der Waals surface area (Å²) in [4.78, 5) is 0. The predicted molar refractivity (Wildman–Crippen MR) is 91.1 cm³/mol. The van der Waals surface area contributed by atoms with Gasteiger partial charge in [-0.3, -0.25) is 0 Å². The molecule has 0 radical (unpaired) electrons. The first-order valence-electron chi connectivity index (χ1n) is 8.10. The van der Waals surface area contributed by atoms with Gasteiger partial charge >= 0.3 is 0 Å². The Bertz CT molecular complexity index is 627. The van der Waals surface area contributed by atoms with Crippen LogP contribution in [0.1, 0.15) is 11.1 Å². The lowest BCUT2D eigenvalue weighted by molar-refractivity contribution is -0.190. The molecule has 2 aromatic carbocycles. The van der Waals surface area contributed by atoms with Gasteiger partial charge in [-0.15, -0.1) is 0 Å². The highest BCUT2D eigenvalue weighted by Gasteiger charge is 2.26. The van der Waals surface area contributed by atoms with Crippen molar-refractivity contribution in [1.29, 1.82) is 0 Å². The first kappa shape index (κ1) is 16.9. The molecule has 0 aliphatic carbocycles. The van der Waals surface area contributed by atoms with Crippen molar-refractivity contribution in [3.63, 3.8) is 0 Å². The van der Waals surface area contributed by atoms with Gasteiger partial charge in [0, 0.05) is 0 Å². The first-order chi connectivity index (χ1) is 11.8. The molecule has 24 heavy (non-hydrogen) atoms. The third kappa shape index (κ3) is 5.01. The molecule has 2 aromatic rings. The summed E-state index contributed by atoms with van der Waals surface area (Å²) in [6, 6.07) is 19.8. The third-order valence-electron chi connectivity index (χ3n) is 3.81. The van der Waals surface area contributed by atoms with E-state index in [1.54, 1.807) is 12.2 Å². The number of hydrogen-bond donors (Lipinski definition) is 1. The topological polar surface area (TPSA) is 47.9 Å². The van der Waals surface area contributed by atoms with E-state index in [-0.39, 0.29) is 0 Å². The summed E-state index contributed by atoms with van der Waals surface area (Å²) in [6.45, 7) is 1.27. The van der Waals surface area contributed by atoms with Gasteiger partial charge in [0.1, 0.15) is 12.2 Å². The van der Waals surface area contributed by atoms with Crippen molar-refractivity contribution in [3.8, 4) is 0 Å². The van der Waals surface area contributed by atoms with Crippen LogP contribution in [0.15, 0.2) is 72.8 Å².